The van der Waals surface area contributed by atoms with E-state index in [0.29, 0.717) is 6.04 Å². The van der Waals surface area contributed by atoms with Gasteiger partial charge in [0.15, 0.2) is 0 Å². The van der Waals surface area contributed by atoms with E-state index >= 15 is 0 Å². The van der Waals surface area contributed by atoms with E-state index in [1.807, 2.05) is 19.1 Å². The van der Waals surface area contributed by atoms with Crippen molar-refractivity contribution in [2.45, 2.75) is 39.3 Å². The summed E-state index contributed by atoms with van der Waals surface area (Å²) in [5.74, 6) is -0.163. The summed E-state index contributed by atoms with van der Waals surface area (Å²) in [6.45, 7) is 4.92. The van der Waals surface area contributed by atoms with Crippen LogP contribution in [0.4, 0.5) is 4.39 Å². The molecule has 0 aromatic heterocycles. The van der Waals surface area contributed by atoms with Crippen LogP contribution in [0, 0.1) is 12.7 Å². The molecule has 0 heterocycles. The van der Waals surface area contributed by atoms with Gasteiger partial charge in [-0.2, -0.15) is 0 Å². The average Bonchev–Trinajstić information content (AvgIpc) is 2.47. The molecular weight excluding hydrogens is 249 g/mol. The van der Waals surface area contributed by atoms with Crippen LogP contribution in [-0.4, -0.2) is 6.04 Å². The van der Waals surface area contributed by atoms with Crippen LogP contribution in [0.1, 0.15) is 30.0 Å². The molecule has 1 nitrogen and oxygen atoms in total. The molecule has 0 saturated carbocycles. The van der Waals surface area contributed by atoms with E-state index in [4.69, 9.17) is 0 Å². The van der Waals surface area contributed by atoms with Gasteiger partial charge in [0.25, 0.3) is 0 Å². The second-order valence-electron chi connectivity index (χ2n) is 5.38. The Labute approximate surface area is 120 Å². The lowest BCUT2D eigenvalue weighted by atomic mass is 10.1. The van der Waals surface area contributed by atoms with Crippen LogP contribution in [0.25, 0.3) is 0 Å². The predicted molar refractivity (Wildman–Crippen MR) is 82.2 cm³/mol. The third-order valence-electron chi connectivity index (χ3n) is 3.66. The van der Waals surface area contributed by atoms with Gasteiger partial charge >= 0.3 is 0 Å². The minimum atomic E-state index is -0.163. The lowest BCUT2D eigenvalue weighted by Crippen LogP contribution is -2.26. The molecule has 0 fully saturated rings. The Kier molecular flexibility index (Phi) is 5.31. The van der Waals surface area contributed by atoms with Gasteiger partial charge in [-0.05, 0) is 55.5 Å². The molecule has 0 radical (unpaired) electrons. The quantitative estimate of drug-likeness (QED) is 0.828. The second-order valence-corrected chi connectivity index (χ2v) is 5.38. The molecular formula is C18H22FN. The summed E-state index contributed by atoms with van der Waals surface area (Å²) in [4.78, 5) is 0. The topological polar surface area (TPSA) is 12.0 Å². The van der Waals surface area contributed by atoms with Crippen molar-refractivity contribution >= 4 is 0 Å². The van der Waals surface area contributed by atoms with Crippen molar-refractivity contribution < 1.29 is 4.39 Å². The highest BCUT2D eigenvalue weighted by molar-refractivity contribution is 5.26. The molecule has 1 N–H and O–H groups in total. The molecule has 0 aliphatic heterocycles. The standard InChI is InChI=1S/C18H22FN/c1-14-8-11-18(19)12-17(14)13-20-15(2)9-10-16-6-4-3-5-7-16/h3-8,11-12,15,20H,9-10,13H2,1-2H3. The molecule has 0 saturated heterocycles. The summed E-state index contributed by atoms with van der Waals surface area (Å²) in [6, 6.07) is 15.9. The first-order valence-electron chi connectivity index (χ1n) is 7.17. The summed E-state index contributed by atoms with van der Waals surface area (Å²) in [7, 11) is 0. The van der Waals surface area contributed by atoms with Crippen molar-refractivity contribution in [3.63, 3.8) is 0 Å². The smallest absolute Gasteiger partial charge is 0.123 e. The number of aryl methyl sites for hydroxylation is 2. The summed E-state index contributed by atoms with van der Waals surface area (Å²) < 4.78 is 13.2. The van der Waals surface area contributed by atoms with E-state index in [9.17, 15) is 4.39 Å². The van der Waals surface area contributed by atoms with Crippen molar-refractivity contribution in [2.75, 3.05) is 0 Å². The molecule has 0 spiro atoms. The number of hydrogen-bond donors (Lipinski definition) is 1. The molecule has 20 heavy (non-hydrogen) atoms. The maximum absolute atomic E-state index is 13.2. The van der Waals surface area contributed by atoms with Crippen LogP contribution >= 0.6 is 0 Å². The first-order chi connectivity index (χ1) is 9.65. The molecule has 2 aromatic rings. The lowest BCUT2D eigenvalue weighted by molar-refractivity contribution is 0.511. The number of benzene rings is 2. The first-order valence-corrected chi connectivity index (χ1v) is 7.17. The number of nitrogens with one attached hydrogen (secondary N) is 1. The minimum absolute atomic E-state index is 0.163. The van der Waals surface area contributed by atoms with Crippen molar-refractivity contribution in [1.82, 2.24) is 5.32 Å². The zero-order chi connectivity index (χ0) is 14.4. The first kappa shape index (κ1) is 14.7. The van der Waals surface area contributed by atoms with E-state index < -0.39 is 0 Å². The maximum Gasteiger partial charge on any atom is 0.123 e. The van der Waals surface area contributed by atoms with Gasteiger partial charge in [-0.25, -0.2) is 4.39 Å². The van der Waals surface area contributed by atoms with Gasteiger partial charge in [0.1, 0.15) is 5.82 Å². The summed E-state index contributed by atoms with van der Waals surface area (Å²) in [5, 5.41) is 3.47. The van der Waals surface area contributed by atoms with Gasteiger partial charge in [0, 0.05) is 12.6 Å². The van der Waals surface area contributed by atoms with E-state index in [-0.39, 0.29) is 5.82 Å². The van der Waals surface area contributed by atoms with Crippen LogP contribution in [0.3, 0.4) is 0 Å². The Morgan fingerprint density at radius 1 is 1.10 bits per heavy atom. The number of hydrogen-bond acceptors (Lipinski definition) is 1. The van der Waals surface area contributed by atoms with Crippen LogP contribution < -0.4 is 5.32 Å². The lowest BCUT2D eigenvalue weighted by Gasteiger charge is -2.15. The van der Waals surface area contributed by atoms with Gasteiger partial charge in [-0.1, -0.05) is 36.4 Å². The third-order valence-corrected chi connectivity index (χ3v) is 3.66. The maximum atomic E-state index is 13.2. The van der Waals surface area contributed by atoms with E-state index in [1.54, 1.807) is 6.07 Å². The highest BCUT2D eigenvalue weighted by Crippen LogP contribution is 2.11. The molecule has 1 unspecified atom stereocenters. The molecule has 2 rings (SSSR count). The van der Waals surface area contributed by atoms with Crippen molar-refractivity contribution in [1.29, 1.82) is 0 Å². The second kappa shape index (κ2) is 7.20. The molecule has 106 valence electrons. The molecule has 0 bridgehead atoms. The Hall–Kier alpha value is -1.67. The molecule has 1 atom stereocenters. The third kappa shape index (κ3) is 4.46. The normalized spacial score (nSPS) is 12.3. The van der Waals surface area contributed by atoms with Crippen LogP contribution in [-0.2, 0) is 13.0 Å². The van der Waals surface area contributed by atoms with Crippen LogP contribution in [0.2, 0.25) is 0 Å². The SMILES string of the molecule is Cc1ccc(F)cc1CNC(C)CCc1ccccc1. The van der Waals surface area contributed by atoms with E-state index in [0.717, 1.165) is 30.5 Å². The molecule has 2 heteroatoms. The zero-order valence-electron chi connectivity index (χ0n) is 12.2. The Morgan fingerprint density at radius 2 is 1.85 bits per heavy atom. The minimum Gasteiger partial charge on any atom is -0.310 e. The molecule has 0 amide bonds. The van der Waals surface area contributed by atoms with Gasteiger partial charge in [-0.3, -0.25) is 0 Å². The van der Waals surface area contributed by atoms with Crippen LogP contribution in [0.15, 0.2) is 48.5 Å². The summed E-state index contributed by atoms with van der Waals surface area (Å²) in [5.41, 5.74) is 3.54. The van der Waals surface area contributed by atoms with Crippen LogP contribution in [0.5, 0.6) is 0 Å². The number of halogens is 1. The number of rotatable bonds is 6. The largest absolute Gasteiger partial charge is 0.310 e. The predicted octanol–water partition coefficient (Wildman–Crippen LogP) is 4.25. The van der Waals surface area contributed by atoms with E-state index in [2.05, 4.69) is 36.5 Å². The van der Waals surface area contributed by atoms with Gasteiger partial charge < -0.3 is 5.32 Å². The monoisotopic (exact) mass is 271 g/mol. The molecule has 0 aliphatic rings. The van der Waals surface area contributed by atoms with Crippen molar-refractivity contribution in [2.24, 2.45) is 0 Å². The Morgan fingerprint density at radius 3 is 2.60 bits per heavy atom. The molecule has 0 aliphatic carbocycles. The van der Waals surface area contributed by atoms with Gasteiger partial charge in [-0.15, -0.1) is 0 Å². The Bertz CT molecular complexity index is 536. The fourth-order valence-corrected chi connectivity index (χ4v) is 2.24. The highest BCUT2D eigenvalue weighted by Gasteiger charge is 2.05. The van der Waals surface area contributed by atoms with Gasteiger partial charge in [0.2, 0.25) is 0 Å². The van der Waals surface area contributed by atoms with Gasteiger partial charge in [0.05, 0.1) is 0 Å². The Balaban J connectivity index is 1.80. The highest BCUT2D eigenvalue weighted by atomic mass is 19.1. The van der Waals surface area contributed by atoms with E-state index in [1.165, 1.54) is 11.6 Å². The van der Waals surface area contributed by atoms with Crippen molar-refractivity contribution in [3.05, 3.63) is 71.0 Å². The average molecular weight is 271 g/mol. The van der Waals surface area contributed by atoms with Crippen molar-refractivity contribution in [3.8, 4) is 0 Å². The fraction of sp³-hybridized carbons (Fsp3) is 0.333. The summed E-state index contributed by atoms with van der Waals surface area (Å²) >= 11 is 0. The summed E-state index contributed by atoms with van der Waals surface area (Å²) in [6.07, 6.45) is 2.15. The molecule has 2 aromatic carbocycles. The zero-order valence-corrected chi connectivity index (χ0v) is 12.2. The fourth-order valence-electron chi connectivity index (χ4n) is 2.24.